The molecule has 0 radical (unpaired) electrons. The number of rotatable bonds is 8. The highest BCUT2D eigenvalue weighted by Crippen LogP contribution is 2.23. The van der Waals surface area contributed by atoms with Gasteiger partial charge in [-0.25, -0.2) is 0 Å². The standard InChI is InChI=1S/C19H22N2O4/c1-3-25-17-7-5-4-6-16(17)21-19(23)13-20-18(22)12-14-8-10-15(24-2)11-9-14/h4-11H,3,12-13H2,1-2H3,(H,20,22)(H,21,23). The summed E-state index contributed by atoms with van der Waals surface area (Å²) in [6.07, 6.45) is 0.201. The molecule has 0 unspecified atom stereocenters. The van der Waals surface area contributed by atoms with E-state index in [1.165, 1.54) is 0 Å². The van der Waals surface area contributed by atoms with E-state index in [2.05, 4.69) is 10.6 Å². The minimum Gasteiger partial charge on any atom is -0.497 e. The monoisotopic (exact) mass is 342 g/mol. The Labute approximate surface area is 147 Å². The van der Waals surface area contributed by atoms with Gasteiger partial charge in [-0.2, -0.15) is 0 Å². The van der Waals surface area contributed by atoms with Gasteiger partial charge >= 0.3 is 0 Å². The van der Waals surface area contributed by atoms with E-state index in [-0.39, 0.29) is 24.8 Å². The lowest BCUT2D eigenvalue weighted by Crippen LogP contribution is -2.33. The van der Waals surface area contributed by atoms with Crippen LogP contribution in [0.1, 0.15) is 12.5 Å². The highest BCUT2D eigenvalue weighted by molar-refractivity contribution is 5.95. The van der Waals surface area contributed by atoms with Gasteiger partial charge in [-0.1, -0.05) is 24.3 Å². The topological polar surface area (TPSA) is 76.7 Å². The van der Waals surface area contributed by atoms with E-state index in [1.807, 2.05) is 25.1 Å². The highest BCUT2D eigenvalue weighted by atomic mass is 16.5. The summed E-state index contributed by atoms with van der Waals surface area (Å²) in [6.45, 7) is 2.28. The van der Waals surface area contributed by atoms with Crippen molar-refractivity contribution in [3.05, 3.63) is 54.1 Å². The van der Waals surface area contributed by atoms with Gasteiger partial charge in [-0.05, 0) is 36.8 Å². The number of hydrogen-bond acceptors (Lipinski definition) is 4. The van der Waals surface area contributed by atoms with Crippen LogP contribution in [0.3, 0.4) is 0 Å². The fourth-order valence-electron chi connectivity index (χ4n) is 2.22. The summed E-state index contributed by atoms with van der Waals surface area (Å²) in [4.78, 5) is 24.0. The first kappa shape index (κ1) is 18.3. The third-order valence-electron chi connectivity index (χ3n) is 3.43. The van der Waals surface area contributed by atoms with Gasteiger partial charge < -0.3 is 20.1 Å². The maximum absolute atomic E-state index is 12.0. The number of methoxy groups -OCH3 is 1. The van der Waals surface area contributed by atoms with Crippen LogP contribution in [0, 0.1) is 0 Å². The maximum atomic E-state index is 12.0. The molecule has 0 spiro atoms. The Bertz CT molecular complexity index is 714. The molecule has 2 aromatic carbocycles. The van der Waals surface area contributed by atoms with Crippen LogP contribution in [0.15, 0.2) is 48.5 Å². The van der Waals surface area contributed by atoms with Gasteiger partial charge in [0.2, 0.25) is 11.8 Å². The minimum atomic E-state index is -0.310. The molecule has 0 aliphatic carbocycles. The number of carbonyl (C=O) groups is 2. The number of para-hydroxylation sites is 2. The predicted octanol–water partition coefficient (Wildman–Crippen LogP) is 2.39. The zero-order valence-electron chi connectivity index (χ0n) is 14.4. The second-order valence-corrected chi connectivity index (χ2v) is 5.28. The zero-order valence-corrected chi connectivity index (χ0v) is 14.4. The minimum absolute atomic E-state index is 0.102. The van der Waals surface area contributed by atoms with Crippen LogP contribution in [0.2, 0.25) is 0 Å². The Morgan fingerprint density at radius 2 is 1.72 bits per heavy atom. The average molecular weight is 342 g/mol. The molecule has 2 amide bonds. The van der Waals surface area contributed by atoms with Crippen molar-refractivity contribution in [2.24, 2.45) is 0 Å². The van der Waals surface area contributed by atoms with Crippen LogP contribution in [-0.4, -0.2) is 32.1 Å². The molecular weight excluding hydrogens is 320 g/mol. The van der Waals surface area contributed by atoms with Crippen molar-refractivity contribution < 1.29 is 19.1 Å². The van der Waals surface area contributed by atoms with Crippen molar-refractivity contribution in [1.82, 2.24) is 5.32 Å². The van der Waals surface area contributed by atoms with Crippen molar-refractivity contribution in [3.8, 4) is 11.5 Å². The number of ether oxygens (including phenoxy) is 2. The third kappa shape index (κ3) is 5.84. The lowest BCUT2D eigenvalue weighted by atomic mass is 10.1. The van der Waals surface area contributed by atoms with E-state index in [1.54, 1.807) is 37.4 Å². The first-order chi connectivity index (χ1) is 12.1. The van der Waals surface area contributed by atoms with E-state index in [4.69, 9.17) is 9.47 Å². The summed E-state index contributed by atoms with van der Waals surface area (Å²) in [5, 5.41) is 5.34. The number of carbonyl (C=O) groups excluding carboxylic acids is 2. The number of hydrogen-bond donors (Lipinski definition) is 2. The SMILES string of the molecule is CCOc1ccccc1NC(=O)CNC(=O)Cc1ccc(OC)cc1. The summed E-state index contributed by atoms with van der Waals surface area (Å²) < 4.78 is 10.5. The molecule has 0 fully saturated rings. The van der Waals surface area contributed by atoms with Crippen LogP contribution in [0.4, 0.5) is 5.69 Å². The molecule has 0 aromatic heterocycles. The molecule has 0 heterocycles. The average Bonchev–Trinajstić information content (AvgIpc) is 2.62. The zero-order chi connectivity index (χ0) is 18.1. The molecule has 0 aliphatic rings. The Hall–Kier alpha value is -3.02. The maximum Gasteiger partial charge on any atom is 0.243 e. The number of nitrogens with one attached hydrogen (secondary N) is 2. The fourth-order valence-corrected chi connectivity index (χ4v) is 2.22. The third-order valence-corrected chi connectivity index (χ3v) is 3.43. The normalized spacial score (nSPS) is 10.0. The van der Waals surface area contributed by atoms with Gasteiger partial charge in [0.1, 0.15) is 11.5 Å². The second-order valence-electron chi connectivity index (χ2n) is 5.28. The first-order valence-electron chi connectivity index (χ1n) is 8.03. The lowest BCUT2D eigenvalue weighted by Gasteiger charge is -2.11. The molecule has 0 aliphatic heterocycles. The van der Waals surface area contributed by atoms with Crippen LogP contribution >= 0.6 is 0 Å². The fraction of sp³-hybridized carbons (Fsp3) is 0.263. The Morgan fingerprint density at radius 3 is 2.40 bits per heavy atom. The van der Waals surface area contributed by atoms with Crippen LogP contribution in [0.5, 0.6) is 11.5 Å². The van der Waals surface area contributed by atoms with Crippen LogP contribution in [-0.2, 0) is 16.0 Å². The van der Waals surface area contributed by atoms with E-state index >= 15 is 0 Å². The molecule has 25 heavy (non-hydrogen) atoms. The molecular formula is C19H22N2O4. The number of benzene rings is 2. The van der Waals surface area contributed by atoms with Gasteiger partial charge in [0.25, 0.3) is 0 Å². The van der Waals surface area contributed by atoms with E-state index in [9.17, 15) is 9.59 Å². The molecule has 2 rings (SSSR count). The Kier molecular flexibility index (Phi) is 6.83. The molecule has 132 valence electrons. The van der Waals surface area contributed by atoms with Gasteiger partial charge in [0.05, 0.1) is 32.4 Å². The lowest BCUT2D eigenvalue weighted by molar-refractivity contribution is -0.123. The van der Waals surface area contributed by atoms with Crippen molar-refractivity contribution in [2.45, 2.75) is 13.3 Å². The molecule has 2 aromatic rings. The van der Waals surface area contributed by atoms with Gasteiger partial charge in [0.15, 0.2) is 0 Å². The largest absolute Gasteiger partial charge is 0.497 e. The van der Waals surface area contributed by atoms with Gasteiger partial charge in [-0.3, -0.25) is 9.59 Å². The summed E-state index contributed by atoms with van der Waals surface area (Å²) in [6, 6.07) is 14.4. The molecule has 0 bridgehead atoms. The molecule has 6 heteroatoms. The quantitative estimate of drug-likeness (QED) is 0.772. The summed E-state index contributed by atoms with van der Waals surface area (Å²) >= 11 is 0. The molecule has 2 N–H and O–H groups in total. The van der Waals surface area contributed by atoms with E-state index in [0.29, 0.717) is 18.0 Å². The second kappa shape index (κ2) is 9.32. The van der Waals surface area contributed by atoms with Gasteiger partial charge in [0, 0.05) is 0 Å². The molecule has 0 atom stereocenters. The molecule has 6 nitrogen and oxygen atoms in total. The van der Waals surface area contributed by atoms with Crippen molar-refractivity contribution >= 4 is 17.5 Å². The molecule has 0 saturated carbocycles. The van der Waals surface area contributed by atoms with E-state index in [0.717, 1.165) is 11.3 Å². The van der Waals surface area contributed by atoms with Crippen LogP contribution in [0.25, 0.3) is 0 Å². The highest BCUT2D eigenvalue weighted by Gasteiger charge is 2.09. The predicted molar refractivity (Wildman–Crippen MR) is 95.9 cm³/mol. The first-order valence-corrected chi connectivity index (χ1v) is 8.03. The molecule has 0 saturated heterocycles. The van der Waals surface area contributed by atoms with E-state index < -0.39 is 0 Å². The van der Waals surface area contributed by atoms with Gasteiger partial charge in [-0.15, -0.1) is 0 Å². The summed E-state index contributed by atoms with van der Waals surface area (Å²) in [5.74, 6) is 0.799. The number of amides is 2. The van der Waals surface area contributed by atoms with Crippen LogP contribution < -0.4 is 20.1 Å². The Morgan fingerprint density at radius 1 is 1.00 bits per heavy atom. The summed E-state index contributed by atoms with van der Waals surface area (Å²) in [7, 11) is 1.59. The van der Waals surface area contributed by atoms with Crippen molar-refractivity contribution in [1.29, 1.82) is 0 Å². The number of anilines is 1. The smallest absolute Gasteiger partial charge is 0.243 e. The van der Waals surface area contributed by atoms with Crippen molar-refractivity contribution in [3.63, 3.8) is 0 Å². The Balaban J connectivity index is 1.82. The van der Waals surface area contributed by atoms with Crippen molar-refractivity contribution in [2.75, 3.05) is 25.6 Å². The summed E-state index contributed by atoms with van der Waals surface area (Å²) in [5.41, 5.74) is 1.43.